The third-order valence-corrected chi connectivity index (χ3v) is 5.18. The number of nitrogens with zero attached hydrogens (tertiary/aromatic N) is 2. The quantitative estimate of drug-likeness (QED) is 0.416. The first-order valence-electron chi connectivity index (χ1n) is 9.25. The molecule has 0 aliphatic carbocycles. The highest BCUT2D eigenvalue weighted by Gasteiger charge is 2.21. The molecule has 4 rings (SSSR count). The maximum atomic E-state index is 14.1. The molecule has 1 amide bonds. The Kier molecular flexibility index (Phi) is 5.94. The second kappa shape index (κ2) is 8.97. The number of halogens is 1. The molecule has 0 bridgehead atoms. The van der Waals surface area contributed by atoms with Gasteiger partial charge in [0.2, 0.25) is 12.7 Å². The SMILES string of the molecule is CC(=O)N(c1nc(COC(=O)/C=C/c2ccc3c(c2)OCO3)cs1)c1ccccc1F. The average molecular weight is 440 g/mol. The molecule has 0 N–H and O–H groups in total. The summed E-state index contributed by atoms with van der Waals surface area (Å²) in [5.74, 6) is -0.182. The highest BCUT2D eigenvalue weighted by molar-refractivity contribution is 7.14. The van der Waals surface area contributed by atoms with Gasteiger partial charge in [0.15, 0.2) is 16.6 Å². The Morgan fingerprint density at radius 2 is 2.03 bits per heavy atom. The number of carbonyl (C=O) groups is 2. The van der Waals surface area contributed by atoms with E-state index in [1.807, 2.05) is 0 Å². The molecule has 2 heterocycles. The summed E-state index contributed by atoms with van der Waals surface area (Å²) in [7, 11) is 0. The zero-order chi connectivity index (χ0) is 21.8. The number of thiazole rings is 1. The Bertz CT molecular complexity index is 1160. The van der Waals surface area contributed by atoms with Crippen molar-refractivity contribution in [3.05, 3.63) is 71.0 Å². The van der Waals surface area contributed by atoms with Gasteiger partial charge < -0.3 is 14.2 Å². The van der Waals surface area contributed by atoms with Crippen LogP contribution in [0.2, 0.25) is 0 Å². The lowest BCUT2D eigenvalue weighted by molar-refractivity contribution is -0.139. The van der Waals surface area contributed by atoms with E-state index in [-0.39, 0.29) is 25.0 Å². The molecular formula is C22H17FN2O5S. The molecule has 31 heavy (non-hydrogen) atoms. The number of amides is 1. The van der Waals surface area contributed by atoms with E-state index in [1.165, 1.54) is 30.0 Å². The molecule has 0 spiro atoms. The Morgan fingerprint density at radius 1 is 1.23 bits per heavy atom. The van der Waals surface area contributed by atoms with Gasteiger partial charge in [-0.15, -0.1) is 11.3 Å². The van der Waals surface area contributed by atoms with E-state index in [0.717, 1.165) is 16.9 Å². The summed E-state index contributed by atoms with van der Waals surface area (Å²) in [5, 5.41) is 1.94. The van der Waals surface area contributed by atoms with Crippen molar-refractivity contribution in [2.45, 2.75) is 13.5 Å². The number of rotatable bonds is 6. The van der Waals surface area contributed by atoms with Crippen molar-refractivity contribution in [2.24, 2.45) is 0 Å². The van der Waals surface area contributed by atoms with Gasteiger partial charge in [-0.3, -0.25) is 9.69 Å². The summed E-state index contributed by atoms with van der Waals surface area (Å²) in [5.41, 5.74) is 1.33. The average Bonchev–Trinajstić information content (AvgIpc) is 3.41. The van der Waals surface area contributed by atoms with Gasteiger partial charge in [-0.05, 0) is 35.9 Å². The van der Waals surface area contributed by atoms with Crippen LogP contribution < -0.4 is 14.4 Å². The summed E-state index contributed by atoms with van der Waals surface area (Å²) >= 11 is 1.16. The Morgan fingerprint density at radius 3 is 2.84 bits per heavy atom. The number of benzene rings is 2. The minimum atomic E-state index is -0.551. The second-order valence-electron chi connectivity index (χ2n) is 6.48. The molecule has 3 aromatic rings. The largest absolute Gasteiger partial charge is 0.456 e. The van der Waals surface area contributed by atoms with Gasteiger partial charge in [0.05, 0.1) is 11.4 Å². The van der Waals surface area contributed by atoms with E-state index >= 15 is 0 Å². The van der Waals surface area contributed by atoms with Gasteiger partial charge in [0.25, 0.3) is 0 Å². The highest BCUT2D eigenvalue weighted by atomic mass is 32.1. The minimum Gasteiger partial charge on any atom is -0.456 e. The monoisotopic (exact) mass is 440 g/mol. The number of carbonyl (C=O) groups excluding carboxylic acids is 2. The Labute approximate surface area is 181 Å². The van der Waals surface area contributed by atoms with E-state index in [0.29, 0.717) is 22.3 Å². The molecule has 158 valence electrons. The summed E-state index contributed by atoms with van der Waals surface area (Å²) in [6.45, 7) is 1.43. The third kappa shape index (κ3) is 4.72. The minimum absolute atomic E-state index is 0.0795. The van der Waals surface area contributed by atoms with Crippen LogP contribution in [0.1, 0.15) is 18.2 Å². The Hall–Kier alpha value is -3.72. The van der Waals surface area contributed by atoms with Crippen LogP contribution >= 0.6 is 11.3 Å². The normalized spacial score (nSPS) is 12.2. The van der Waals surface area contributed by atoms with Crippen LogP contribution in [-0.4, -0.2) is 23.7 Å². The fraction of sp³-hybridized carbons (Fsp3) is 0.136. The number of fused-ring (bicyclic) bond motifs is 1. The van der Waals surface area contributed by atoms with E-state index in [1.54, 1.807) is 41.8 Å². The van der Waals surface area contributed by atoms with Crippen molar-refractivity contribution in [2.75, 3.05) is 11.7 Å². The van der Waals surface area contributed by atoms with Crippen molar-refractivity contribution >= 4 is 40.1 Å². The molecule has 0 radical (unpaired) electrons. The first-order chi connectivity index (χ1) is 15.0. The van der Waals surface area contributed by atoms with Gasteiger partial charge in [-0.25, -0.2) is 14.2 Å². The molecule has 7 nitrogen and oxygen atoms in total. The lowest BCUT2D eigenvalue weighted by atomic mass is 10.2. The molecule has 0 unspecified atom stereocenters. The van der Waals surface area contributed by atoms with E-state index < -0.39 is 11.8 Å². The summed E-state index contributed by atoms with van der Waals surface area (Å²) in [6, 6.07) is 11.3. The van der Waals surface area contributed by atoms with Crippen LogP contribution in [0.3, 0.4) is 0 Å². The number of esters is 1. The van der Waals surface area contributed by atoms with Crippen LogP contribution in [-0.2, 0) is 20.9 Å². The molecule has 9 heteroatoms. The predicted octanol–water partition coefficient (Wildman–Crippen LogP) is 4.45. The van der Waals surface area contributed by atoms with Crippen LogP contribution in [0.25, 0.3) is 6.08 Å². The number of hydrogen-bond donors (Lipinski definition) is 0. The summed E-state index contributed by atoms with van der Waals surface area (Å²) in [6.07, 6.45) is 2.90. The maximum Gasteiger partial charge on any atom is 0.331 e. The van der Waals surface area contributed by atoms with Crippen LogP contribution in [0.15, 0.2) is 53.9 Å². The van der Waals surface area contributed by atoms with Crippen molar-refractivity contribution < 1.29 is 28.2 Å². The number of hydrogen-bond acceptors (Lipinski definition) is 7. The van der Waals surface area contributed by atoms with Gasteiger partial charge in [-0.1, -0.05) is 18.2 Å². The van der Waals surface area contributed by atoms with Crippen LogP contribution in [0.5, 0.6) is 11.5 Å². The molecular weight excluding hydrogens is 423 g/mol. The molecule has 1 aliphatic heterocycles. The maximum absolute atomic E-state index is 14.1. The molecule has 0 fully saturated rings. The number of para-hydroxylation sites is 1. The molecule has 0 saturated heterocycles. The van der Waals surface area contributed by atoms with Gasteiger partial charge in [0, 0.05) is 18.4 Å². The predicted molar refractivity (Wildman–Crippen MR) is 113 cm³/mol. The zero-order valence-electron chi connectivity index (χ0n) is 16.4. The van der Waals surface area contributed by atoms with E-state index in [2.05, 4.69) is 4.98 Å². The number of anilines is 2. The fourth-order valence-corrected chi connectivity index (χ4v) is 3.74. The zero-order valence-corrected chi connectivity index (χ0v) is 17.2. The van der Waals surface area contributed by atoms with Crippen LogP contribution in [0, 0.1) is 5.82 Å². The Balaban J connectivity index is 1.39. The molecule has 0 atom stereocenters. The standard InChI is InChI=1S/C22H17FN2O5S/c1-14(26)25(18-5-3-2-4-17(18)23)22-24-16(12-31-22)11-28-21(27)9-7-15-6-8-19-20(10-15)30-13-29-19/h2-10,12H,11,13H2,1H3/b9-7+. The first kappa shape index (κ1) is 20.5. The third-order valence-electron chi connectivity index (χ3n) is 4.31. The van der Waals surface area contributed by atoms with E-state index in [9.17, 15) is 14.0 Å². The smallest absolute Gasteiger partial charge is 0.331 e. The van der Waals surface area contributed by atoms with Crippen molar-refractivity contribution in [1.82, 2.24) is 4.98 Å². The molecule has 2 aromatic carbocycles. The molecule has 1 aliphatic rings. The second-order valence-corrected chi connectivity index (χ2v) is 7.32. The lowest BCUT2D eigenvalue weighted by Crippen LogP contribution is -2.23. The van der Waals surface area contributed by atoms with Crippen LogP contribution in [0.4, 0.5) is 15.2 Å². The molecule has 0 saturated carbocycles. The van der Waals surface area contributed by atoms with Gasteiger partial charge in [0.1, 0.15) is 12.4 Å². The first-order valence-corrected chi connectivity index (χ1v) is 10.1. The van der Waals surface area contributed by atoms with Crippen molar-refractivity contribution in [3.63, 3.8) is 0 Å². The topological polar surface area (TPSA) is 78.0 Å². The van der Waals surface area contributed by atoms with Crippen molar-refractivity contribution in [1.29, 1.82) is 0 Å². The number of ether oxygens (including phenoxy) is 3. The lowest BCUT2D eigenvalue weighted by Gasteiger charge is -2.18. The highest BCUT2D eigenvalue weighted by Crippen LogP contribution is 2.33. The number of aromatic nitrogens is 1. The van der Waals surface area contributed by atoms with E-state index in [4.69, 9.17) is 14.2 Å². The van der Waals surface area contributed by atoms with Crippen molar-refractivity contribution in [3.8, 4) is 11.5 Å². The summed E-state index contributed by atoms with van der Waals surface area (Å²) in [4.78, 5) is 29.6. The fourth-order valence-electron chi connectivity index (χ4n) is 2.88. The summed E-state index contributed by atoms with van der Waals surface area (Å²) < 4.78 is 29.9. The molecule has 1 aromatic heterocycles. The van der Waals surface area contributed by atoms with Gasteiger partial charge in [-0.2, -0.15) is 0 Å². The van der Waals surface area contributed by atoms with Gasteiger partial charge >= 0.3 is 5.97 Å².